The second-order valence-corrected chi connectivity index (χ2v) is 7.13. The number of methoxy groups -OCH3 is 2. The molecule has 2 aliphatic heterocycles. The van der Waals surface area contributed by atoms with Crippen LogP contribution in [-0.2, 0) is 6.54 Å². The van der Waals surface area contributed by atoms with E-state index in [0.717, 1.165) is 31.5 Å². The van der Waals surface area contributed by atoms with E-state index in [1.807, 2.05) is 0 Å². The standard InChI is InChI=1S/C19H25N5O4.ClH/c1-27-16-3-4-17(28-2)18-13(16)9-23(11-15(18)25)19(26)14-10-24(22-21-14)12-5-7-20-8-6-12;/h3-4,10,12,15,20,25H,5-9,11H2,1-2H3;1H. The van der Waals surface area contributed by atoms with Gasteiger partial charge >= 0.3 is 0 Å². The molecule has 158 valence electrons. The Morgan fingerprint density at radius 1 is 1.21 bits per heavy atom. The van der Waals surface area contributed by atoms with Crippen molar-refractivity contribution in [2.24, 2.45) is 0 Å². The number of amides is 1. The van der Waals surface area contributed by atoms with Crippen molar-refractivity contribution in [3.8, 4) is 11.5 Å². The first kappa shape index (κ1) is 21.4. The van der Waals surface area contributed by atoms with Crippen LogP contribution in [0.25, 0.3) is 0 Å². The van der Waals surface area contributed by atoms with Gasteiger partial charge in [-0.25, -0.2) is 4.68 Å². The summed E-state index contributed by atoms with van der Waals surface area (Å²) in [4.78, 5) is 14.6. The highest BCUT2D eigenvalue weighted by molar-refractivity contribution is 5.92. The number of rotatable bonds is 4. The Hall–Kier alpha value is -2.36. The summed E-state index contributed by atoms with van der Waals surface area (Å²) in [6.45, 7) is 2.34. The van der Waals surface area contributed by atoms with E-state index in [4.69, 9.17) is 9.47 Å². The summed E-state index contributed by atoms with van der Waals surface area (Å²) in [5.41, 5.74) is 1.71. The van der Waals surface area contributed by atoms with Crippen LogP contribution in [0, 0.1) is 0 Å². The summed E-state index contributed by atoms with van der Waals surface area (Å²) < 4.78 is 12.6. The van der Waals surface area contributed by atoms with Gasteiger partial charge < -0.3 is 24.8 Å². The molecule has 1 aromatic heterocycles. The molecule has 29 heavy (non-hydrogen) atoms. The van der Waals surface area contributed by atoms with Crippen LogP contribution in [0.5, 0.6) is 11.5 Å². The number of aliphatic hydroxyl groups is 1. The Bertz CT molecular complexity index is 868. The molecule has 4 rings (SSSR count). The maximum Gasteiger partial charge on any atom is 0.276 e. The molecule has 1 saturated heterocycles. The summed E-state index contributed by atoms with van der Waals surface area (Å²) in [5, 5.41) is 22.3. The van der Waals surface area contributed by atoms with Crippen molar-refractivity contribution < 1.29 is 19.4 Å². The lowest BCUT2D eigenvalue weighted by Crippen LogP contribution is -2.38. The highest BCUT2D eigenvalue weighted by Crippen LogP contribution is 2.39. The average Bonchev–Trinajstić information content (AvgIpc) is 3.23. The Kier molecular flexibility index (Phi) is 6.61. The fourth-order valence-electron chi connectivity index (χ4n) is 4.02. The first-order valence-electron chi connectivity index (χ1n) is 9.46. The molecule has 0 spiro atoms. The molecule has 0 aliphatic carbocycles. The average molecular weight is 424 g/mol. The molecule has 10 heteroatoms. The van der Waals surface area contributed by atoms with Gasteiger partial charge in [0.1, 0.15) is 17.6 Å². The molecular weight excluding hydrogens is 398 g/mol. The summed E-state index contributed by atoms with van der Waals surface area (Å²) >= 11 is 0. The quantitative estimate of drug-likeness (QED) is 0.764. The summed E-state index contributed by atoms with van der Waals surface area (Å²) in [6.07, 6.45) is 2.77. The highest BCUT2D eigenvalue weighted by atomic mass is 35.5. The minimum Gasteiger partial charge on any atom is -0.496 e. The van der Waals surface area contributed by atoms with Crippen LogP contribution in [0.4, 0.5) is 0 Å². The Balaban J connectivity index is 0.00000240. The van der Waals surface area contributed by atoms with E-state index in [0.29, 0.717) is 23.6 Å². The largest absolute Gasteiger partial charge is 0.496 e. The van der Waals surface area contributed by atoms with Crippen LogP contribution >= 0.6 is 12.4 Å². The van der Waals surface area contributed by atoms with Gasteiger partial charge in [-0.1, -0.05) is 5.21 Å². The number of piperidine rings is 1. The van der Waals surface area contributed by atoms with E-state index < -0.39 is 6.10 Å². The third-order valence-corrected chi connectivity index (χ3v) is 5.49. The molecule has 1 fully saturated rings. The number of benzene rings is 1. The molecule has 1 amide bonds. The zero-order chi connectivity index (χ0) is 19.7. The van der Waals surface area contributed by atoms with Gasteiger partial charge in [-0.05, 0) is 38.1 Å². The minimum atomic E-state index is -0.864. The van der Waals surface area contributed by atoms with E-state index in [1.165, 1.54) is 0 Å². The molecular formula is C19H26ClN5O4. The topological polar surface area (TPSA) is 102 Å². The number of fused-ring (bicyclic) bond motifs is 1. The van der Waals surface area contributed by atoms with Crippen LogP contribution in [0.2, 0.25) is 0 Å². The summed E-state index contributed by atoms with van der Waals surface area (Å²) in [6, 6.07) is 3.81. The normalized spacial score (nSPS) is 19.3. The Morgan fingerprint density at radius 2 is 1.90 bits per heavy atom. The predicted molar refractivity (Wildman–Crippen MR) is 108 cm³/mol. The molecule has 2 aromatic rings. The maximum atomic E-state index is 13.0. The van der Waals surface area contributed by atoms with E-state index in [2.05, 4.69) is 15.6 Å². The van der Waals surface area contributed by atoms with Crippen LogP contribution in [0.3, 0.4) is 0 Å². The predicted octanol–water partition coefficient (Wildman–Crippen LogP) is 1.33. The van der Waals surface area contributed by atoms with Gasteiger partial charge in [0, 0.05) is 11.1 Å². The monoisotopic (exact) mass is 423 g/mol. The van der Waals surface area contributed by atoms with Gasteiger partial charge in [-0.2, -0.15) is 0 Å². The first-order chi connectivity index (χ1) is 13.6. The first-order valence-corrected chi connectivity index (χ1v) is 9.46. The van der Waals surface area contributed by atoms with Crippen molar-refractivity contribution in [1.82, 2.24) is 25.2 Å². The fourth-order valence-corrected chi connectivity index (χ4v) is 4.02. The van der Waals surface area contributed by atoms with E-state index in [9.17, 15) is 9.90 Å². The fraction of sp³-hybridized carbons (Fsp3) is 0.526. The molecule has 0 radical (unpaired) electrons. The number of nitrogens with zero attached hydrogens (tertiary/aromatic N) is 4. The molecule has 1 aromatic carbocycles. The third kappa shape index (κ3) is 4.03. The highest BCUT2D eigenvalue weighted by Gasteiger charge is 2.33. The summed E-state index contributed by atoms with van der Waals surface area (Å²) in [7, 11) is 3.13. The van der Waals surface area contributed by atoms with E-state index in [1.54, 1.807) is 42.1 Å². The lowest BCUT2D eigenvalue weighted by Gasteiger charge is -2.33. The van der Waals surface area contributed by atoms with Crippen molar-refractivity contribution in [3.63, 3.8) is 0 Å². The van der Waals surface area contributed by atoms with Crippen LogP contribution < -0.4 is 14.8 Å². The number of aromatic nitrogens is 3. The smallest absolute Gasteiger partial charge is 0.276 e. The Morgan fingerprint density at radius 3 is 2.59 bits per heavy atom. The number of hydrogen-bond donors (Lipinski definition) is 2. The molecule has 9 nitrogen and oxygen atoms in total. The van der Waals surface area contributed by atoms with Gasteiger partial charge in [0.2, 0.25) is 0 Å². The van der Waals surface area contributed by atoms with Crippen molar-refractivity contribution in [2.75, 3.05) is 33.9 Å². The molecule has 2 aliphatic rings. The van der Waals surface area contributed by atoms with Crippen molar-refractivity contribution in [1.29, 1.82) is 0 Å². The maximum absolute atomic E-state index is 13.0. The van der Waals surface area contributed by atoms with Gasteiger partial charge in [-0.3, -0.25) is 4.79 Å². The number of nitrogens with one attached hydrogen (secondary N) is 1. The van der Waals surface area contributed by atoms with Gasteiger partial charge in [0.25, 0.3) is 5.91 Å². The minimum absolute atomic E-state index is 0. The van der Waals surface area contributed by atoms with E-state index >= 15 is 0 Å². The number of aliphatic hydroxyl groups excluding tert-OH is 1. The molecule has 0 bridgehead atoms. The number of carbonyl (C=O) groups is 1. The molecule has 2 N–H and O–H groups in total. The molecule has 1 unspecified atom stereocenters. The van der Waals surface area contributed by atoms with Crippen LogP contribution in [-0.4, -0.2) is 64.8 Å². The molecule has 1 atom stereocenters. The third-order valence-electron chi connectivity index (χ3n) is 5.49. The number of hydrogen-bond acceptors (Lipinski definition) is 7. The van der Waals surface area contributed by atoms with Gasteiger partial charge in [-0.15, -0.1) is 17.5 Å². The van der Waals surface area contributed by atoms with Crippen LogP contribution in [0.15, 0.2) is 18.3 Å². The Labute approximate surface area is 175 Å². The molecule has 3 heterocycles. The number of halogens is 1. The second kappa shape index (κ2) is 8.98. The van der Waals surface area contributed by atoms with Crippen LogP contribution in [0.1, 0.15) is 46.6 Å². The number of β-amino-alcohol motifs (C(OH)–C–C–N with tert-alkyl or cyclic N) is 1. The number of carbonyl (C=O) groups excluding carboxylic acids is 1. The van der Waals surface area contributed by atoms with Gasteiger partial charge in [0.05, 0.1) is 39.5 Å². The number of ether oxygens (including phenoxy) is 2. The van der Waals surface area contributed by atoms with Crippen molar-refractivity contribution in [3.05, 3.63) is 35.2 Å². The lowest BCUT2D eigenvalue weighted by atomic mass is 9.95. The van der Waals surface area contributed by atoms with Crippen molar-refractivity contribution >= 4 is 18.3 Å². The van der Waals surface area contributed by atoms with E-state index in [-0.39, 0.29) is 36.6 Å². The lowest BCUT2D eigenvalue weighted by molar-refractivity contribution is 0.0533. The van der Waals surface area contributed by atoms with Gasteiger partial charge in [0.15, 0.2) is 5.69 Å². The molecule has 0 saturated carbocycles. The summed E-state index contributed by atoms with van der Waals surface area (Å²) in [5.74, 6) is 0.952. The zero-order valence-electron chi connectivity index (χ0n) is 16.5. The van der Waals surface area contributed by atoms with Crippen molar-refractivity contribution in [2.45, 2.75) is 31.5 Å². The SMILES string of the molecule is COc1ccc(OC)c2c1CN(C(=O)c1cn(C3CCNCC3)nn1)CC2O.Cl. The zero-order valence-corrected chi connectivity index (χ0v) is 17.3. The second-order valence-electron chi connectivity index (χ2n) is 7.13.